The van der Waals surface area contributed by atoms with Gasteiger partial charge in [-0.05, 0) is 81.5 Å². The fraction of sp³-hybridized carbons (Fsp3) is 0.500. The van der Waals surface area contributed by atoms with Crippen molar-refractivity contribution in [2.45, 2.75) is 62.7 Å². The Morgan fingerprint density at radius 1 is 0.879 bits per heavy atom. The number of halogens is 3. The summed E-state index contributed by atoms with van der Waals surface area (Å²) in [6.45, 7) is 1.83. The molecule has 0 radical (unpaired) electrons. The number of rotatable bonds is 4. The Labute approximate surface area is 189 Å². The maximum absolute atomic E-state index is 13.0. The van der Waals surface area contributed by atoms with Crippen molar-refractivity contribution in [3.05, 3.63) is 59.2 Å². The molecule has 0 aromatic carbocycles. The van der Waals surface area contributed by atoms with Gasteiger partial charge in [0.2, 0.25) is 0 Å². The fourth-order valence-corrected chi connectivity index (χ4v) is 6.55. The first-order valence-electron chi connectivity index (χ1n) is 11.2. The summed E-state index contributed by atoms with van der Waals surface area (Å²) >= 11 is 0. The van der Waals surface area contributed by atoms with Gasteiger partial charge in [0.15, 0.2) is 0 Å². The number of hydrogen-bond acceptors (Lipinski definition) is 4. The average molecular weight is 458 g/mol. The van der Waals surface area contributed by atoms with Crippen molar-refractivity contribution >= 4 is 11.8 Å². The van der Waals surface area contributed by atoms with E-state index in [1.165, 1.54) is 12.1 Å². The van der Waals surface area contributed by atoms with Crippen molar-refractivity contribution in [3.63, 3.8) is 0 Å². The summed E-state index contributed by atoms with van der Waals surface area (Å²) in [6.07, 6.45) is 0.161. The van der Waals surface area contributed by atoms with Crippen molar-refractivity contribution in [2.75, 3.05) is 0 Å². The quantitative estimate of drug-likeness (QED) is 0.724. The first-order valence-corrected chi connectivity index (χ1v) is 11.2. The molecule has 2 atom stereocenters. The molecule has 2 aromatic heterocycles. The predicted molar refractivity (Wildman–Crippen MR) is 113 cm³/mol. The second-order valence-corrected chi connectivity index (χ2v) is 10.00. The van der Waals surface area contributed by atoms with Crippen LogP contribution in [0.5, 0.6) is 0 Å². The molecule has 6 nitrogen and oxygen atoms in total. The number of pyridine rings is 2. The molecule has 0 aliphatic heterocycles. The Balaban J connectivity index is 1.37. The van der Waals surface area contributed by atoms with Gasteiger partial charge in [-0.25, -0.2) is 9.97 Å². The van der Waals surface area contributed by atoms with Crippen LogP contribution in [0.15, 0.2) is 36.4 Å². The van der Waals surface area contributed by atoms with Crippen LogP contribution in [0.2, 0.25) is 0 Å². The van der Waals surface area contributed by atoms with Crippen LogP contribution >= 0.6 is 0 Å². The molecule has 2 heterocycles. The molecule has 0 spiro atoms. The molecule has 4 aliphatic carbocycles. The number of aryl methyl sites for hydroxylation is 1. The number of carbonyl (C=O) groups excluding carboxylic acids is 2. The van der Waals surface area contributed by atoms with E-state index in [9.17, 15) is 22.8 Å². The lowest BCUT2D eigenvalue weighted by Gasteiger charge is -2.62. The standard InChI is InChI=1S/C24H25F3N4O2/c1-14-4-2-5-17(28-14)20(32)30-22-9-15-8-16(10-22)12-23(11-15,13-22)31-21(33)18-6-3-7-19(29-18)24(25,26)27/h2-7,15-16H,8-13H2,1H3,(H,30,32)(H,31,33). The van der Waals surface area contributed by atoms with E-state index in [1.54, 1.807) is 12.1 Å². The normalized spacial score (nSPS) is 30.2. The van der Waals surface area contributed by atoms with Crippen LogP contribution in [0, 0.1) is 18.8 Å². The number of aromatic nitrogens is 2. The highest BCUT2D eigenvalue weighted by Crippen LogP contribution is 2.57. The highest BCUT2D eigenvalue weighted by Gasteiger charge is 2.59. The van der Waals surface area contributed by atoms with Crippen molar-refractivity contribution in [1.29, 1.82) is 0 Å². The molecule has 0 saturated heterocycles. The molecule has 4 aliphatic rings. The van der Waals surface area contributed by atoms with Crippen LogP contribution in [0.1, 0.15) is 70.9 Å². The number of amides is 2. The highest BCUT2D eigenvalue weighted by atomic mass is 19.4. The molecule has 33 heavy (non-hydrogen) atoms. The molecule has 6 rings (SSSR count). The zero-order valence-electron chi connectivity index (χ0n) is 18.2. The summed E-state index contributed by atoms with van der Waals surface area (Å²) < 4.78 is 39.1. The maximum Gasteiger partial charge on any atom is 0.433 e. The number of nitrogens with zero attached hydrogens (tertiary/aromatic N) is 2. The second-order valence-electron chi connectivity index (χ2n) is 10.00. The number of carbonyl (C=O) groups is 2. The van der Waals surface area contributed by atoms with Gasteiger partial charge in [0, 0.05) is 16.8 Å². The molecule has 4 bridgehead atoms. The Kier molecular flexibility index (Phi) is 4.99. The number of hydrogen-bond donors (Lipinski definition) is 2. The summed E-state index contributed by atoms with van der Waals surface area (Å²) in [6, 6.07) is 8.65. The predicted octanol–water partition coefficient (Wildman–Crippen LogP) is 4.06. The molecule has 4 fully saturated rings. The van der Waals surface area contributed by atoms with Crippen LogP contribution in [0.3, 0.4) is 0 Å². The first kappa shape index (κ1) is 21.9. The Hall–Kier alpha value is -2.97. The molecule has 2 aromatic rings. The number of nitrogens with one attached hydrogen (secondary N) is 2. The van der Waals surface area contributed by atoms with E-state index >= 15 is 0 Å². The minimum absolute atomic E-state index is 0.235. The van der Waals surface area contributed by atoms with Gasteiger partial charge < -0.3 is 10.6 Å². The van der Waals surface area contributed by atoms with Gasteiger partial charge in [0.1, 0.15) is 17.1 Å². The third kappa shape index (κ3) is 4.20. The SMILES string of the molecule is Cc1cccc(C(=O)NC23CC4CC(C2)CC(NC(=O)c2cccc(C(F)(F)F)n2)(C4)C3)n1. The smallest absolute Gasteiger partial charge is 0.345 e. The zero-order valence-corrected chi connectivity index (χ0v) is 18.2. The zero-order chi connectivity index (χ0) is 23.4. The van der Waals surface area contributed by atoms with Crippen molar-refractivity contribution in [1.82, 2.24) is 20.6 Å². The van der Waals surface area contributed by atoms with Gasteiger partial charge in [-0.2, -0.15) is 13.2 Å². The van der Waals surface area contributed by atoms with E-state index in [2.05, 4.69) is 20.6 Å². The van der Waals surface area contributed by atoms with Gasteiger partial charge in [-0.3, -0.25) is 9.59 Å². The lowest BCUT2D eigenvalue weighted by Crippen LogP contribution is -2.70. The Bertz CT molecular complexity index is 1100. The Morgan fingerprint density at radius 3 is 1.91 bits per heavy atom. The van der Waals surface area contributed by atoms with Crippen molar-refractivity contribution < 1.29 is 22.8 Å². The maximum atomic E-state index is 13.0. The van der Waals surface area contributed by atoms with Gasteiger partial charge in [-0.1, -0.05) is 12.1 Å². The molecule has 2 unspecified atom stereocenters. The second kappa shape index (κ2) is 7.53. The third-order valence-electron chi connectivity index (χ3n) is 7.21. The van der Waals surface area contributed by atoms with Crippen LogP contribution in [-0.4, -0.2) is 32.9 Å². The van der Waals surface area contributed by atoms with Crippen molar-refractivity contribution in [3.8, 4) is 0 Å². The van der Waals surface area contributed by atoms with E-state index in [0.29, 0.717) is 24.0 Å². The molecule has 2 amide bonds. The van der Waals surface area contributed by atoms with Crippen LogP contribution < -0.4 is 10.6 Å². The lowest BCUT2D eigenvalue weighted by molar-refractivity contribution is -0.141. The van der Waals surface area contributed by atoms with E-state index in [0.717, 1.165) is 43.9 Å². The minimum atomic E-state index is -4.62. The Morgan fingerprint density at radius 2 is 1.39 bits per heavy atom. The van der Waals surface area contributed by atoms with Crippen molar-refractivity contribution in [2.24, 2.45) is 11.8 Å². The monoisotopic (exact) mass is 458 g/mol. The topological polar surface area (TPSA) is 84.0 Å². The lowest BCUT2D eigenvalue weighted by atomic mass is 9.49. The molecule has 9 heteroatoms. The van der Waals surface area contributed by atoms with E-state index in [-0.39, 0.29) is 11.6 Å². The summed E-state index contributed by atoms with van der Waals surface area (Å²) in [5.41, 5.74) is -1.24. The summed E-state index contributed by atoms with van der Waals surface area (Å²) in [4.78, 5) is 33.8. The summed E-state index contributed by atoms with van der Waals surface area (Å²) in [7, 11) is 0. The number of alkyl halides is 3. The first-order chi connectivity index (χ1) is 15.5. The van der Waals surface area contributed by atoms with Gasteiger partial charge in [-0.15, -0.1) is 0 Å². The molecule has 2 N–H and O–H groups in total. The van der Waals surface area contributed by atoms with Crippen LogP contribution in [-0.2, 0) is 6.18 Å². The molecule has 4 saturated carbocycles. The molecule has 174 valence electrons. The van der Waals surface area contributed by atoms with E-state index in [1.807, 2.05) is 13.0 Å². The third-order valence-corrected chi connectivity index (χ3v) is 7.21. The average Bonchev–Trinajstić information content (AvgIpc) is 2.71. The van der Waals surface area contributed by atoms with E-state index in [4.69, 9.17) is 0 Å². The highest BCUT2D eigenvalue weighted by molar-refractivity contribution is 5.93. The molecular formula is C24H25F3N4O2. The van der Waals surface area contributed by atoms with Crippen LogP contribution in [0.25, 0.3) is 0 Å². The van der Waals surface area contributed by atoms with Crippen LogP contribution in [0.4, 0.5) is 13.2 Å². The summed E-state index contributed by atoms with van der Waals surface area (Å²) in [5, 5.41) is 6.25. The largest absolute Gasteiger partial charge is 0.433 e. The van der Waals surface area contributed by atoms with Gasteiger partial charge in [0.25, 0.3) is 11.8 Å². The van der Waals surface area contributed by atoms with Gasteiger partial charge >= 0.3 is 6.18 Å². The molecular weight excluding hydrogens is 433 g/mol. The fourth-order valence-electron chi connectivity index (χ4n) is 6.55. The summed E-state index contributed by atoms with van der Waals surface area (Å²) in [5.74, 6) is -0.162. The van der Waals surface area contributed by atoms with E-state index < -0.39 is 28.9 Å². The minimum Gasteiger partial charge on any atom is -0.345 e. The van der Waals surface area contributed by atoms with Gasteiger partial charge in [0.05, 0.1) is 0 Å².